The molecule has 4 rings (SSSR count). The van der Waals surface area contributed by atoms with E-state index in [2.05, 4.69) is 10.6 Å². The number of aryl methyl sites for hydroxylation is 1. The number of hydrogen-bond acceptors (Lipinski definition) is 6. The quantitative estimate of drug-likeness (QED) is 0.140. The van der Waals surface area contributed by atoms with Crippen molar-refractivity contribution < 1.29 is 28.7 Å². The second-order valence-corrected chi connectivity index (χ2v) is 13.7. The number of methoxy groups -OCH3 is 2. The molecule has 0 fully saturated rings. The van der Waals surface area contributed by atoms with Gasteiger partial charge in [-0.15, -0.1) is 0 Å². The number of anilines is 2. The molecular formula is C42H50N4O6. The van der Waals surface area contributed by atoms with Gasteiger partial charge in [-0.2, -0.15) is 0 Å². The molecule has 0 aliphatic carbocycles. The fraction of sp³-hybridized carbons (Fsp3) is 0.333. The van der Waals surface area contributed by atoms with E-state index in [1.807, 2.05) is 74.5 Å². The third-order valence-electron chi connectivity index (χ3n) is 8.97. The standard InChI is InChI=1S/C42H50N4O6/c1-42(2,29-39(48)44-37(27-31-15-11-8-12-16-31)41(50)46(4)33-20-24-35(52-6)25-21-33)28-38(47)43-36(26-17-30-13-9-7-10-14-30)40(49)45(3)32-18-22-34(51-5)23-19-32/h7-16,18-25,36-37H,17,26-29H2,1-6H3,(H,43,47)(H,44,48)/t36-,37-/m0/s1. The number of benzene rings is 4. The van der Waals surface area contributed by atoms with Gasteiger partial charge in [0, 0.05) is 44.7 Å². The normalized spacial score (nSPS) is 12.2. The molecular weight excluding hydrogens is 656 g/mol. The molecule has 0 bridgehead atoms. The summed E-state index contributed by atoms with van der Waals surface area (Å²) in [5.74, 6) is 0.104. The van der Waals surface area contributed by atoms with E-state index in [1.165, 1.54) is 9.80 Å². The summed E-state index contributed by atoms with van der Waals surface area (Å²) >= 11 is 0. The maximum absolute atomic E-state index is 13.8. The Morgan fingerprint density at radius 1 is 0.596 bits per heavy atom. The van der Waals surface area contributed by atoms with Crippen molar-refractivity contribution in [2.75, 3.05) is 38.1 Å². The smallest absolute Gasteiger partial charge is 0.249 e. The Kier molecular flexibility index (Phi) is 14.0. The van der Waals surface area contributed by atoms with Crippen molar-refractivity contribution in [2.45, 2.75) is 58.0 Å². The van der Waals surface area contributed by atoms with Crippen molar-refractivity contribution in [3.05, 3.63) is 120 Å². The highest BCUT2D eigenvalue weighted by atomic mass is 16.5. The number of likely N-dealkylation sites (N-methyl/N-ethyl adjacent to an activating group) is 2. The molecule has 0 spiro atoms. The summed E-state index contributed by atoms with van der Waals surface area (Å²) in [4.78, 5) is 57.8. The van der Waals surface area contributed by atoms with E-state index in [4.69, 9.17) is 9.47 Å². The third-order valence-corrected chi connectivity index (χ3v) is 8.97. The molecule has 0 radical (unpaired) electrons. The summed E-state index contributed by atoms with van der Waals surface area (Å²) < 4.78 is 10.5. The fourth-order valence-electron chi connectivity index (χ4n) is 6.02. The van der Waals surface area contributed by atoms with Crippen LogP contribution in [0.2, 0.25) is 0 Å². The van der Waals surface area contributed by atoms with Crippen LogP contribution in [0.5, 0.6) is 11.5 Å². The van der Waals surface area contributed by atoms with Crippen LogP contribution in [0.25, 0.3) is 0 Å². The number of amides is 4. The van der Waals surface area contributed by atoms with E-state index in [-0.39, 0.29) is 36.5 Å². The summed E-state index contributed by atoms with van der Waals surface area (Å²) in [6.07, 6.45) is 1.24. The molecule has 4 amide bonds. The molecule has 0 saturated carbocycles. The minimum absolute atomic E-state index is 0.00909. The van der Waals surface area contributed by atoms with Gasteiger partial charge >= 0.3 is 0 Å². The first kappa shape index (κ1) is 39.2. The number of carbonyl (C=O) groups excluding carboxylic acids is 4. The number of nitrogens with zero attached hydrogens (tertiary/aromatic N) is 2. The van der Waals surface area contributed by atoms with Gasteiger partial charge in [0.1, 0.15) is 23.6 Å². The van der Waals surface area contributed by atoms with Crippen LogP contribution in [-0.4, -0.2) is 64.0 Å². The summed E-state index contributed by atoms with van der Waals surface area (Å²) in [6, 6.07) is 31.9. The average Bonchev–Trinajstić information content (AvgIpc) is 3.15. The van der Waals surface area contributed by atoms with Gasteiger partial charge in [-0.25, -0.2) is 0 Å². The predicted octanol–water partition coefficient (Wildman–Crippen LogP) is 5.98. The summed E-state index contributed by atoms with van der Waals surface area (Å²) in [7, 11) is 6.51. The van der Waals surface area contributed by atoms with Crippen LogP contribution < -0.4 is 29.9 Å². The lowest BCUT2D eigenvalue weighted by molar-refractivity contribution is -0.131. The van der Waals surface area contributed by atoms with Gasteiger partial charge in [0.15, 0.2) is 0 Å². The van der Waals surface area contributed by atoms with Crippen molar-refractivity contribution >= 4 is 35.0 Å². The Labute approximate surface area is 307 Å². The Morgan fingerprint density at radius 2 is 1.00 bits per heavy atom. The number of nitrogens with one attached hydrogen (secondary N) is 2. The molecule has 2 N–H and O–H groups in total. The average molecular weight is 707 g/mol. The highest BCUT2D eigenvalue weighted by Gasteiger charge is 2.32. The molecule has 274 valence electrons. The van der Waals surface area contributed by atoms with E-state index in [0.717, 1.165) is 11.1 Å². The van der Waals surface area contributed by atoms with Gasteiger partial charge in [-0.1, -0.05) is 74.5 Å². The Morgan fingerprint density at radius 3 is 1.44 bits per heavy atom. The Hall–Kier alpha value is -5.64. The van der Waals surface area contributed by atoms with E-state index in [9.17, 15) is 19.2 Å². The minimum Gasteiger partial charge on any atom is -0.497 e. The SMILES string of the molecule is COc1ccc(N(C)C(=O)[C@H](CCc2ccccc2)NC(=O)CC(C)(C)CC(=O)N[C@@H](Cc2ccccc2)C(=O)N(C)c2ccc(OC)cc2)cc1. The first-order valence-electron chi connectivity index (χ1n) is 17.4. The van der Waals surface area contributed by atoms with Crippen LogP contribution in [0.4, 0.5) is 11.4 Å². The zero-order valence-corrected chi connectivity index (χ0v) is 30.9. The summed E-state index contributed by atoms with van der Waals surface area (Å²) in [5.41, 5.74) is 2.48. The molecule has 0 saturated heterocycles. The zero-order valence-electron chi connectivity index (χ0n) is 30.9. The highest BCUT2D eigenvalue weighted by Crippen LogP contribution is 2.26. The summed E-state index contributed by atoms with van der Waals surface area (Å²) in [6.45, 7) is 3.65. The topological polar surface area (TPSA) is 117 Å². The fourth-order valence-corrected chi connectivity index (χ4v) is 6.02. The van der Waals surface area contributed by atoms with Gasteiger partial charge < -0.3 is 29.9 Å². The van der Waals surface area contributed by atoms with E-state index in [1.54, 1.807) is 76.8 Å². The molecule has 4 aromatic rings. The number of rotatable bonds is 17. The van der Waals surface area contributed by atoms with Crippen LogP contribution in [-0.2, 0) is 32.0 Å². The van der Waals surface area contributed by atoms with Crippen LogP contribution >= 0.6 is 0 Å². The van der Waals surface area contributed by atoms with Crippen molar-refractivity contribution in [1.82, 2.24) is 10.6 Å². The molecule has 0 heterocycles. The Balaban J connectivity index is 1.44. The lowest BCUT2D eigenvalue weighted by atomic mass is 9.84. The Bertz CT molecular complexity index is 1760. The first-order valence-corrected chi connectivity index (χ1v) is 17.4. The van der Waals surface area contributed by atoms with Crippen molar-refractivity contribution in [1.29, 1.82) is 0 Å². The molecule has 0 aromatic heterocycles. The second kappa shape index (κ2) is 18.6. The molecule has 0 aliphatic heterocycles. The van der Waals surface area contributed by atoms with Crippen molar-refractivity contribution in [3.8, 4) is 11.5 Å². The van der Waals surface area contributed by atoms with Crippen LogP contribution in [0, 0.1) is 5.41 Å². The molecule has 10 heteroatoms. The van der Waals surface area contributed by atoms with Crippen molar-refractivity contribution in [3.63, 3.8) is 0 Å². The lowest BCUT2D eigenvalue weighted by Crippen LogP contribution is -2.50. The van der Waals surface area contributed by atoms with E-state index >= 15 is 0 Å². The third kappa shape index (κ3) is 11.4. The van der Waals surface area contributed by atoms with Gasteiger partial charge in [0.25, 0.3) is 0 Å². The predicted molar refractivity (Wildman–Crippen MR) is 205 cm³/mol. The largest absolute Gasteiger partial charge is 0.497 e. The number of ether oxygens (including phenoxy) is 2. The molecule has 2 atom stereocenters. The monoisotopic (exact) mass is 706 g/mol. The summed E-state index contributed by atoms with van der Waals surface area (Å²) in [5, 5.41) is 5.92. The lowest BCUT2D eigenvalue weighted by Gasteiger charge is -2.29. The number of hydrogen-bond donors (Lipinski definition) is 2. The van der Waals surface area contributed by atoms with Crippen LogP contribution in [0.15, 0.2) is 109 Å². The molecule has 52 heavy (non-hydrogen) atoms. The van der Waals surface area contributed by atoms with Crippen LogP contribution in [0.3, 0.4) is 0 Å². The second-order valence-electron chi connectivity index (χ2n) is 13.7. The number of carbonyl (C=O) groups is 4. The van der Waals surface area contributed by atoms with Gasteiger partial charge in [0.05, 0.1) is 14.2 Å². The van der Waals surface area contributed by atoms with Crippen molar-refractivity contribution in [2.24, 2.45) is 5.41 Å². The molecule has 0 aliphatic rings. The maximum atomic E-state index is 13.8. The maximum Gasteiger partial charge on any atom is 0.249 e. The molecule has 10 nitrogen and oxygen atoms in total. The zero-order chi connectivity index (χ0) is 37.7. The van der Waals surface area contributed by atoms with Gasteiger partial charge in [-0.05, 0) is 77.9 Å². The minimum atomic E-state index is -0.847. The first-order chi connectivity index (χ1) is 24.9. The van der Waals surface area contributed by atoms with Gasteiger partial charge in [0.2, 0.25) is 23.6 Å². The van der Waals surface area contributed by atoms with Crippen LogP contribution in [0.1, 0.15) is 44.2 Å². The highest BCUT2D eigenvalue weighted by molar-refractivity contribution is 6.00. The molecule has 0 unspecified atom stereocenters. The van der Waals surface area contributed by atoms with E-state index < -0.39 is 17.5 Å². The van der Waals surface area contributed by atoms with E-state index in [0.29, 0.717) is 42.1 Å². The molecule has 4 aromatic carbocycles. The van der Waals surface area contributed by atoms with Gasteiger partial charge in [-0.3, -0.25) is 19.2 Å².